The summed E-state index contributed by atoms with van der Waals surface area (Å²) < 4.78 is 30.5. The fourth-order valence-corrected chi connectivity index (χ4v) is 6.09. The van der Waals surface area contributed by atoms with E-state index in [9.17, 15) is 9.59 Å². The average molecular weight is 619 g/mol. The molecule has 3 fully saturated rings. The average Bonchev–Trinajstić information content (AvgIpc) is 3.59. The lowest BCUT2D eigenvalue weighted by molar-refractivity contribution is -0.0668. The number of piperidine rings is 1. The molecule has 13 heteroatoms. The summed E-state index contributed by atoms with van der Waals surface area (Å²) in [4.78, 5) is 33.7. The van der Waals surface area contributed by atoms with E-state index in [0.29, 0.717) is 41.7 Å². The van der Waals surface area contributed by atoms with Gasteiger partial charge in [-0.3, -0.25) is 14.4 Å². The zero-order valence-corrected chi connectivity index (χ0v) is 25.9. The molecule has 3 aromatic heterocycles. The number of fused-ring (bicyclic) bond motifs is 2. The normalized spacial score (nSPS) is 19.1. The molecule has 1 aliphatic carbocycles. The number of hydrogen-bond donors (Lipinski definition) is 1. The molecule has 0 atom stereocenters. The molecule has 0 bridgehead atoms. The van der Waals surface area contributed by atoms with Crippen LogP contribution in [0.1, 0.15) is 62.9 Å². The smallest absolute Gasteiger partial charge is 0.410 e. The van der Waals surface area contributed by atoms with Gasteiger partial charge in [0.1, 0.15) is 17.0 Å². The Morgan fingerprint density at radius 3 is 2.64 bits per heavy atom. The van der Waals surface area contributed by atoms with E-state index in [-0.39, 0.29) is 25.0 Å². The molecule has 45 heavy (non-hydrogen) atoms. The van der Waals surface area contributed by atoms with Gasteiger partial charge < -0.3 is 19.7 Å². The standard InChI is InChI=1S/C32H39FN8O4/c1-31(2,3)45-30(43)39-19-32(33,20-39)18-38-11-7-23(8-12-38)41-16-22-13-24(27(14-25(22)37-41)44-17-21-5-6-21)29(42)36-26-15-35-40-10-4-9-34-28(26)40/h4,9-10,13-16,21,23H,5-8,11-12,17-20H2,1-3H3,(H,36,42). The van der Waals surface area contributed by atoms with E-state index in [1.165, 1.54) is 4.90 Å². The first kappa shape index (κ1) is 29.5. The summed E-state index contributed by atoms with van der Waals surface area (Å²) in [5, 5.41) is 12.9. The summed E-state index contributed by atoms with van der Waals surface area (Å²) >= 11 is 0. The number of halogens is 1. The van der Waals surface area contributed by atoms with Crippen LogP contribution in [0.4, 0.5) is 14.9 Å². The van der Waals surface area contributed by atoms with E-state index in [1.807, 2.05) is 23.0 Å². The Morgan fingerprint density at radius 1 is 1.13 bits per heavy atom. The first-order chi connectivity index (χ1) is 21.5. The van der Waals surface area contributed by atoms with Gasteiger partial charge in [0.2, 0.25) is 0 Å². The number of ether oxygens (including phenoxy) is 2. The third-order valence-corrected chi connectivity index (χ3v) is 8.61. The number of amides is 2. The number of carbonyl (C=O) groups excluding carboxylic acids is 2. The maximum absolute atomic E-state index is 15.4. The number of aromatic nitrogens is 5. The lowest BCUT2D eigenvalue weighted by Crippen LogP contribution is -2.65. The molecule has 1 saturated carbocycles. The van der Waals surface area contributed by atoms with Crippen molar-refractivity contribution >= 4 is 34.2 Å². The van der Waals surface area contributed by atoms with E-state index in [2.05, 4.69) is 20.3 Å². The zero-order chi connectivity index (χ0) is 31.3. The first-order valence-corrected chi connectivity index (χ1v) is 15.7. The highest BCUT2D eigenvalue weighted by Crippen LogP contribution is 2.34. The third-order valence-electron chi connectivity index (χ3n) is 8.61. The first-order valence-electron chi connectivity index (χ1n) is 15.7. The topological polar surface area (TPSA) is 119 Å². The van der Waals surface area contributed by atoms with Gasteiger partial charge in [-0.25, -0.2) is 18.7 Å². The van der Waals surface area contributed by atoms with Crippen LogP contribution in [0.3, 0.4) is 0 Å². The molecule has 3 aliphatic rings. The highest BCUT2D eigenvalue weighted by Gasteiger charge is 2.48. The van der Waals surface area contributed by atoms with E-state index in [4.69, 9.17) is 14.6 Å². The summed E-state index contributed by atoms with van der Waals surface area (Å²) in [6, 6.07) is 5.62. The van der Waals surface area contributed by atoms with Gasteiger partial charge in [-0.2, -0.15) is 10.2 Å². The Kier molecular flexibility index (Phi) is 7.38. The van der Waals surface area contributed by atoms with Gasteiger partial charge >= 0.3 is 6.09 Å². The number of rotatable bonds is 8. The van der Waals surface area contributed by atoms with Crippen molar-refractivity contribution in [1.29, 1.82) is 0 Å². The van der Waals surface area contributed by atoms with Crippen molar-refractivity contribution in [3.8, 4) is 5.75 Å². The number of likely N-dealkylation sites (tertiary alicyclic amines) is 2. The second kappa shape index (κ2) is 11.3. The molecule has 1 N–H and O–H groups in total. The molecular formula is C32H39FN8O4. The predicted octanol–water partition coefficient (Wildman–Crippen LogP) is 4.72. The summed E-state index contributed by atoms with van der Waals surface area (Å²) in [5.41, 5.74) is 0.252. The summed E-state index contributed by atoms with van der Waals surface area (Å²) in [6.45, 7) is 7.85. The van der Waals surface area contributed by atoms with Crippen molar-refractivity contribution < 1.29 is 23.5 Å². The minimum atomic E-state index is -1.42. The van der Waals surface area contributed by atoms with Crippen LogP contribution in [0, 0.1) is 5.92 Å². The van der Waals surface area contributed by atoms with Crippen LogP contribution in [0.25, 0.3) is 16.6 Å². The number of hydrogen-bond acceptors (Lipinski definition) is 8. The van der Waals surface area contributed by atoms with Crippen LogP contribution in [-0.4, -0.2) is 96.8 Å². The van der Waals surface area contributed by atoms with Gasteiger partial charge in [-0.1, -0.05) is 0 Å². The number of benzene rings is 1. The van der Waals surface area contributed by atoms with Gasteiger partial charge in [-0.05, 0) is 64.5 Å². The maximum Gasteiger partial charge on any atom is 0.410 e. The van der Waals surface area contributed by atoms with Crippen molar-refractivity contribution in [2.24, 2.45) is 5.92 Å². The van der Waals surface area contributed by atoms with Crippen LogP contribution >= 0.6 is 0 Å². The fraction of sp³-hybridized carbons (Fsp3) is 0.531. The maximum atomic E-state index is 15.4. The van der Waals surface area contributed by atoms with E-state index in [0.717, 1.165) is 49.7 Å². The van der Waals surface area contributed by atoms with Crippen LogP contribution in [0.5, 0.6) is 5.75 Å². The van der Waals surface area contributed by atoms with Gasteiger partial charge in [0.15, 0.2) is 11.3 Å². The van der Waals surface area contributed by atoms with Crippen LogP contribution in [-0.2, 0) is 4.74 Å². The van der Waals surface area contributed by atoms with Gasteiger partial charge in [0, 0.05) is 49.7 Å². The Labute approximate surface area is 260 Å². The summed E-state index contributed by atoms with van der Waals surface area (Å²) in [7, 11) is 0. The molecule has 2 saturated heterocycles. The number of nitrogens with zero attached hydrogens (tertiary/aromatic N) is 7. The van der Waals surface area contributed by atoms with Crippen molar-refractivity contribution in [2.75, 3.05) is 44.6 Å². The lowest BCUT2D eigenvalue weighted by Gasteiger charge is -2.47. The number of anilines is 1. The molecular weight excluding hydrogens is 579 g/mol. The monoisotopic (exact) mass is 618 g/mol. The molecule has 4 aromatic rings. The second-order valence-electron chi connectivity index (χ2n) is 13.7. The van der Waals surface area contributed by atoms with Crippen LogP contribution in [0.2, 0.25) is 0 Å². The predicted molar refractivity (Wildman–Crippen MR) is 165 cm³/mol. The van der Waals surface area contributed by atoms with Crippen molar-refractivity contribution in [1.82, 2.24) is 34.2 Å². The SMILES string of the molecule is CC(C)(C)OC(=O)N1CC(F)(CN2CCC(n3cc4cc(C(=O)Nc5cnn6cccnc56)c(OCC5CC5)cc4n3)CC2)C1. The van der Waals surface area contributed by atoms with E-state index >= 15 is 4.39 Å². The molecule has 0 unspecified atom stereocenters. The van der Waals surface area contributed by atoms with Crippen LogP contribution < -0.4 is 10.1 Å². The molecule has 2 amide bonds. The highest BCUT2D eigenvalue weighted by molar-refractivity contribution is 6.09. The highest BCUT2D eigenvalue weighted by atomic mass is 19.1. The molecule has 0 spiro atoms. The lowest BCUT2D eigenvalue weighted by atomic mass is 9.94. The molecule has 1 aromatic carbocycles. The third kappa shape index (κ3) is 6.44. The minimum absolute atomic E-state index is 0.0569. The zero-order valence-electron chi connectivity index (χ0n) is 25.9. The molecule has 238 valence electrons. The van der Waals surface area contributed by atoms with Gasteiger partial charge in [0.05, 0.1) is 43.0 Å². The Balaban J connectivity index is 1.01. The number of carbonyl (C=O) groups is 2. The Hall–Kier alpha value is -4.26. The molecule has 12 nitrogen and oxygen atoms in total. The molecule has 7 rings (SSSR count). The summed E-state index contributed by atoms with van der Waals surface area (Å²) in [5.74, 6) is 0.725. The largest absolute Gasteiger partial charge is 0.492 e. The Morgan fingerprint density at radius 2 is 1.91 bits per heavy atom. The number of nitrogens with one attached hydrogen (secondary N) is 1. The van der Waals surface area contributed by atoms with Crippen molar-refractivity contribution in [3.05, 3.63) is 48.5 Å². The second-order valence-corrected chi connectivity index (χ2v) is 13.7. The fourth-order valence-electron chi connectivity index (χ4n) is 6.09. The van der Waals surface area contributed by atoms with Gasteiger partial charge in [-0.15, -0.1) is 0 Å². The van der Waals surface area contributed by atoms with Crippen LogP contribution in [0.15, 0.2) is 43.0 Å². The Bertz CT molecular complexity index is 1730. The quantitative estimate of drug-likeness (QED) is 0.302. The van der Waals surface area contributed by atoms with Gasteiger partial charge in [0.25, 0.3) is 5.91 Å². The number of alkyl halides is 1. The summed E-state index contributed by atoms with van der Waals surface area (Å²) in [6.07, 6.45) is 10.4. The van der Waals surface area contributed by atoms with E-state index in [1.54, 1.807) is 49.9 Å². The molecule has 5 heterocycles. The minimum Gasteiger partial charge on any atom is -0.492 e. The van der Waals surface area contributed by atoms with E-state index < -0.39 is 17.4 Å². The van der Waals surface area contributed by atoms with Crippen molar-refractivity contribution in [2.45, 2.75) is 63.8 Å². The van der Waals surface area contributed by atoms with Crippen molar-refractivity contribution in [3.63, 3.8) is 0 Å². The molecule has 0 radical (unpaired) electrons. The molecule has 2 aliphatic heterocycles.